The molecule has 0 aliphatic heterocycles. The minimum Gasteiger partial charge on any atom is -0.494 e. The third kappa shape index (κ3) is 4.28. The molecule has 2 aromatic rings. The molecule has 0 radical (unpaired) electrons. The van der Waals surface area contributed by atoms with Crippen LogP contribution in [0.3, 0.4) is 0 Å². The Morgan fingerprint density at radius 3 is 2.46 bits per heavy atom. The van der Waals surface area contributed by atoms with Gasteiger partial charge in [-0.1, -0.05) is 12.1 Å². The molecule has 1 atom stereocenters. The smallest absolute Gasteiger partial charge is 0.240 e. The average Bonchev–Trinajstić information content (AvgIpc) is 2.55. The molecule has 0 saturated heterocycles. The second kappa shape index (κ2) is 7.69. The topological polar surface area (TPSA) is 64.6 Å². The minimum absolute atomic E-state index is 0.0523. The standard InChI is InChI=1S/C16H17F2NO4S/c1-22-15-7-6-13(9-14(15)18)24(20,21)19-10-16(23-2)11-4-3-5-12(17)8-11/h3-9,16,19H,10H2,1-2H3. The van der Waals surface area contributed by atoms with Crippen molar-refractivity contribution in [2.75, 3.05) is 20.8 Å². The van der Waals surface area contributed by atoms with Gasteiger partial charge < -0.3 is 9.47 Å². The molecule has 0 spiro atoms. The van der Waals surface area contributed by atoms with Gasteiger partial charge in [0.05, 0.1) is 18.1 Å². The lowest BCUT2D eigenvalue weighted by Crippen LogP contribution is -2.29. The van der Waals surface area contributed by atoms with E-state index in [1.807, 2.05) is 0 Å². The second-order valence-corrected chi connectivity index (χ2v) is 6.69. The highest BCUT2D eigenvalue weighted by atomic mass is 32.2. The molecule has 1 unspecified atom stereocenters. The number of rotatable bonds is 7. The van der Waals surface area contributed by atoms with Crippen molar-refractivity contribution in [3.05, 3.63) is 59.7 Å². The largest absolute Gasteiger partial charge is 0.494 e. The summed E-state index contributed by atoms with van der Waals surface area (Å²) in [5.41, 5.74) is 0.487. The number of nitrogens with one attached hydrogen (secondary N) is 1. The van der Waals surface area contributed by atoms with E-state index in [1.165, 1.54) is 44.6 Å². The van der Waals surface area contributed by atoms with Crippen LogP contribution in [0.15, 0.2) is 47.4 Å². The van der Waals surface area contributed by atoms with Gasteiger partial charge in [0.25, 0.3) is 0 Å². The number of ether oxygens (including phenoxy) is 2. The highest BCUT2D eigenvalue weighted by Crippen LogP contribution is 2.22. The van der Waals surface area contributed by atoms with Gasteiger partial charge in [-0.25, -0.2) is 21.9 Å². The molecule has 0 heterocycles. The molecule has 0 aromatic heterocycles. The first-order valence-corrected chi connectivity index (χ1v) is 8.47. The fourth-order valence-electron chi connectivity index (χ4n) is 2.13. The van der Waals surface area contributed by atoms with Crippen molar-refractivity contribution in [1.29, 1.82) is 0 Å². The number of methoxy groups -OCH3 is 2. The van der Waals surface area contributed by atoms with E-state index >= 15 is 0 Å². The average molecular weight is 357 g/mol. The highest BCUT2D eigenvalue weighted by molar-refractivity contribution is 7.89. The first-order valence-electron chi connectivity index (χ1n) is 6.99. The van der Waals surface area contributed by atoms with Crippen LogP contribution in [0.1, 0.15) is 11.7 Å². The molecule has 130 valence electrons. The van der Waals surface area contributed by atoms with Crippen molar-refractivity contribution >= 4 is 10.0 Å². The Labute approximate surface area is 139 Å². The summed E-state index contributed by atoms with van der Waals surface area (Å²) in [6.45, 7) is -0.129. The molecule has 2 rings (SSSR count). The van der Waals surface area contributed by atoms with Crippen molar-refractivity contribution in [3.8, 4) is 5.75 Å². The Balaban J connectivity index is 2.15. The Morgan fingerprint density at radius 2 is 1.88 bits per heavy atom. The van der Waals surface area contributed by atoms with Gasteiger partial charge in [0.1, 0.15) is 5.82 Å². The van der Waals surface area contributed by atoms with Crippen molar-refractivity contribution in [2.45, 2.75) is 11.0 Å². The Bertz CT molecular complexity index is 811. The lowest BCUT2D eigenvalue weighted by Gasteiger charge is -2.17. The van der Waals surface area contributed by atoms with E-state index in [1.54, 1.807) is 6.07 Å². The molecule has 1 N–H and O–H groups in total. The van der Waals surface area contributed by atoms with E-state index in [9.17, 15) is 17.2 Å². The van der Waals surface area contributed by atoms with Crippen LogP contribution >= 0.6 is 0 Å². The number of hydrogen-bond donors (Lipinski definition) is 1. The van der Waals surface area contributed by atoms with Gasteiger partial charge in [-0.2, -0.15) is 0 Å². The lowest BCUT2D eigenvalue weighted by molar-refractivity contribution is 0.107. The van der Waals surface area contributed by atoms with Crippen LogP contribution in [0.25, 0.3) is 0 Å². The zero-order chi connectivity index (χ0) is 17.7. The van der Waals surface area contributed by atoms with Crippen LogP contribution in [-0.4, -0.2) is 29.2 Å². The normalized spacial score (nSPS) is 12.8. The molecule has 0 aliphatic rings. The second-order valence-electron chi connectivity index (χ2n) is 4.93. The summed E-state index contributed by atoms with van der Waals surface area (Å²) in [7, 11) is -1.28. The van der Waals surface area contributed by atoms with Crippen LogP contribution in [0.5, 0.6) is 5.75 Å². The summed E-state index contributed by atoms with van der Waals surface area (Å²) in [5.74, 6) is -1.29. The zero-order valence-corrected chi connectivity index (χ0v) is 13.9. The van der Waals surface area contributed by atoms with E-state index in [-0.39, 0.29) is 17.2 Å². The maximum atomic E-state index is 13.7. The molecule has 5 nitrogen and oxygen atoms in total. The van der Waals surface area contributed by atoms with E-state index in [2.05, 4.69) is 4.72 Å². The molecular weight excluding hydrogens is 340 g/mol. The molecule has 24 heavy (non-hydrogen) atoms. The van der Waals surface area contributed by atoms with Crippen LogP contribution < -0.4 is 9.46 Å². The molecule has 8 heteroatoms. The van der Waals surface area contributed by atoms with Crippen LogP contribution in [-0.2, 0) is 14.8 Å². The highest BCUT2D eigenvalue weighted by Gasteiger charge is 2.20. The first kappa shape index (κ1) is 18.3. The predicted octanol–water partition coefficient (Wildman–Crippen LogP) is 2.64. The molecule has 0 saturated carbocycles. The van der Waals surface area contributed by atoms with Crippen LogP contribution in [0.2, 0.25) is 0 Å². The fourth-order valence-corrected chi connectivity index (χ4v) is 3.17. The van der Waals surface area contributed by atoms with Gasteiger partial charge in [-0.05, 0) is 35.9 Å². The first-order chi connectivity index (χ1) is 11.4. The fraction of sp³-hybridized carbons (Fsp3) is 0.250. The van der Waals surface area contributed by atoms with E-state index in [4.69, 9.17) is 9.47 Å². The minimum atomic E-state index is -3.95. The van der Waals surface area contributed by atoms with Crippen LogP contribution in [0.4, 0.5) is 8.78 Å². The van der Waals surface area contributed by atoms with Gasteiger partial charge in [0.2, 0.25) is 10.0 Å². The maximum Gasteiger partial charge on any atom is 0.240 e. The van der Waals surface area contributed by atoms with Crippen molar-refractivity contribution in [3.63, 3.8) is 0 Å². The summed E-state index contributed by atoms with van der Waals surface area (Å²) in [5, 5.41) is 0. The maximum absolute atomic E-state index is 13.7. The van der Waals surface area contributed by atoms with Crippen molar-refractivity contribution in [1.82, 2.24) is 4.72 Å². The summed E-state index contributed by atoms with van der Waals surface area (Å²) in [6, 6.07) is 8.99. The van der Waals surface area contributed by atoms with Crippen molar-refractivity contribution in [2.24, 2.45) is 0 Å². The third-order valence-corrected chi connectivity index (χ3v) is 4.82. The Kier molecular flexibility index (Phi) is 5.87. The summed E-state index contributed by atoms with van der Waals surface area (Å²) < 4.78 is 63.7. The molecule has 0 fully saturated rings. The third-order valence-electron chi connectivity index (χ3n) is 3.40. The van der Waals surface area contributed by atoms with Gasteiger partial charge in [0.15, 0.2) is 11.6 Å². The van der Waals surface area contributed by atoms with Gasteiger partial charge in [-0.15, -0.1) is 0 Å². The number of sulfonamides is 1. The van der Waals surface area contributed by atoms with Gasteiger partial charge >= 0.3 is 0 Å². The van der Waals surface area contributed by atoms with Gasteiger partial charge in [0, 0.05) is 13.7 Å². The Hall–Kier alpha value is -2.03. The summed E-state index contributed by atoms with van der Waals surface area (Å²) in [4.78, 5) is -0.241. The molecule has 0 amide bonds. The molecule has 0 bridgehead atoms. The number of benzene rings is 2. The monoisotopic (exact) mass is 357 g/mol. The molecule has 0 aliphatic carbocycles. The van der Waals surface area contributed by atoms with Crippen molar-refractivity contribution < 1.29 is 26.7 Å². The van der Waals surface area contributed by atoms with Crippen LogP contribution in [0, 0.1) is 11.6 Å². The predicted molar refractivity (Wildman–Crippen MR) is 84.3 cm³/mol. The molecule has 2 aromatic carbocycles. The SMILES string of the molecule is COc1ccc(S(=O)(=O)NCC(OC)c2cccc(F)c2)cc1F. The zero-order valence-electron chi connectivity index (χ0n) is 13.1. The van der Waals surface area contributed by atoms with E-state index in [0.717, 1.165) is 6.07 Å². The Morgan fingerprint density at radius 1 is 1.12 bits per heavy atom. The summed E-state index contributed by atoms with van der Waals surface area (Å²) >= 11 is 0. The van der Waals surface area contributed by atoms with E-state index in [0.29, 0.717) is 5.56 Å². The summed E-state index contributed by atoms with van der Waals surface area (Å²) in [6.07, 6.45) is -0.682. The van der Waals surface area contributed by atoms with Gasteiger partial charge in [-0.3, -0.25) is 0 Å². The van der Waals surface area contributed by atoms with E-state index < -0.39 is 27.8 Å². The lowest BCUT2D eigenvalue weighted by atomic mass is 10.1. The quantitative estimate of drug-likeness (QED) is 0.827. The molecular formula is C16H17F2NO4S. The number of halogens is 2. The number of hydrogen-bond acceptors (Lipinski definition) is 4.